The van der Waals surface area contributed by atoms with Gasteiger partial charge in [-0.05, 0) is 18.6 Å². The average Bonchev–Trinajstić information content (AvgIpc) is 2.84. The molecular weight excluding hydrogens is 310 g/mol. The van der Waals surface area contributed by atoms with Crippen molar-refractivity contribution in [3.05, 3.63) is 29.8 Å². The number of amides is 1. The van der Waals surface area contributed by atoms with Crippen molar-refractivity contribution in [2.24, 2.45) is 0 Å². The third-order valence-electron chi connectivity index (χ3n) is 3.60. The van der Waals surface area contributed by atoms with Crippen LogP contribution in [0.2, 0.25) is 0 Å². The maximum atomic E-state index is 12.0. The Morgan fingerprint density at radius 2 is 2.05 bits per heavy atom. The second kappa shape index (κ2) is 6.35. The zero-order valence-electron chi connectivity index (χ0n) is 12.1. The van der Waals surface area contributed by atoms with Gasteiger partial charge in [-0.25, -0.2) is 13.2 Å². The second-order valence-corrected chi connectivity index (χ2v) is 7.38. The Morgan fingerprint density at radius 1 is 1.36 bits per heavy atom. The number of hydrogen-bond acceptors (Lipinski definition) is 6. The lowest BCUT2D eigenvalue weighted by Crippen LogP contribution is -2.40. The molecule has 7 nitrogen and oxygen atoms in total. The van der Waals surface area contributed by atoms with Crippen LogP contribution in [-0.4, -0.2) is 61.5 Å². The molecule has 1 aromatic carbocycles. The summed E-state index contributed by atoms with van der Waals surface area (Å²) < 4.78 is 27.7. The second-order valence-electron chi connectivity index (χ2n) is 5.15. The van der Waals surface area contributed by atoms with Crippen molar-refractivity contribution in [1.82, 2.24) is 4.90 Å². The Morgan fingerprint density at radius 3 is 2.64 bits per heavy atom. The summed E-state index contributed by atoms with van der Waals surface area (Å²) in [5.41, 5.74) is -0.0265. The lowest BCUT2D eigenvalue weighted by Gasteiger charge is -2.23. The standard InChI is InChI=1S/C14H17NO6S/c1-15(10-6-7-22(19,20)9-10)13(17)8-21-14(18)11-4-2-3-5-12(11)16/h2-5,10,16H,6-9H2,1H3. The monoisotopic (exact) mass is 327 g/mol. The number of phenolic OH excluding ortho intramolecular Hbond substituents is 1. The molecule has 0 radical (unpaired) electrons. The molecule has 1 amide bonds. The first-order chi connectivity index (χ1) is 10.3. The number of likely N-dealkylation sites (N-methyl/N-ethyl adjacent to an activating group) is 1. The van der Waals surface area contributed by atoms with Crippen LogP contribution in [0.3, 0.4) is 0 Å². The number of rotatable bonds is 4. The molecule has 0 aliphatic carbocycles. The minimum Gasteiger partial charge on any atom is -0.507 e. The molecular formula is C14H17NO6S. The number of ether oxygens (including phenoxy) is 1. The molecule has 1 N–H and O–H groups in total. The molecule has 2 rings (SSSR count). The van der Waals surface area contributed by atoms with Crippen molar-refractivity contribution >= 4 is 21.7 Å². The Labute approximate surface area is 128 Å². The minimum absolute atomic E-state index is 0.0265. The smallest absolute Gasteiger partial charge is 0.342 e. The van der Waals surface area contributed by atoms with Crippen LogP contribution in [0.25, 0.3) is 0 Å². The van der Waals surface area contributed by atoms with Gasteiger partial charge in [0.1, 0.15) is 11.3 Å². The molecule has 0 aromatic heterocycles. The predicted molar refractivity (Wildman–Crippen MR) is 78.2 cm³/mol. The lowest BCUT2D eigenvalue weighted by molar-refractivity contribution is -0.134. The fourth-order valence-corrected chi connectivity index (χ4v) is 4.01. The van der Waals surface area contributed by atoms with Crippen LogP contribution in [0.4, 0.5) is 0 Å². The molecule has 1 atom stereocenters. The van der Waals surface area contributed by atoms with Gasteiger partial charge in [0.05, 0.1) is 11.5 Å². The first kappa shape index (κ1) is 16.3. The fourth-order valence-electron chi connectivity index (χ4n) is 2.24. The highest BCUT2D eigenvalue weighted by Crippen LogP contribution is 2.18. The Kier molecular flexibility index (Phi) is 4.70. The number of nitrogens with zero attached hydrogens (tertiary/aromatic N) is 1. The summed E-state index contributed by atoms with van der Waals surface area (Å²) in [6.07, 6.45) is 0.387. The number of aromatic hydroxyl groups is 1. The van der Waals surface area contributed by atoms with E-state index in [1.54, 1.807) is 12.1 Å². The highest BCUT2D eigenvalue weighted by atomic mass is 32.2. The summed E-state index contributed by atoms with van der Waals surface area (Å²) in [4.78, 5) is 25.0. The van der Waals surface area contributed by atoms with Gasteiger partial charge in [0.2, 0.25) is 0 Å². The molecule has 1 aliphatic rings. The van der Waals surface area contributed by atoms with Crippen LogP contribution < -0.4 is 0 Å². The summed E-state index contributed by atoms with van der Waals surface area (Å²) in [6, 6.07) is 5.46. The van der Waals surface area contributed by atoms with Crippen molar-refractivity contribution in [2.45, 2.75) is 12.5 Å². The number of hydrogen-bond donors (Lipinski definition) is 1. The summed E-state index contributed by atoms with van der Waals surface area (Å²) in [6.45, 7) is -0.500. The summed E-state index contributed by atoms with van der Waals surface area (Å²) >= 11 is 0. The Hall–Kier alpha value is -2.09. The zero-order chi connectivity index (χ0) is 16.3. The minimum atomic E-state index is -3.09. The number of carbonyl (C=O) groups excluding carboxylic acids is 2. The van der Waals surface area contributed by atoms with Gasteiger partial charge in [0.25, 0.3) is 5.91 Å². The highest BCUT2D eigenvalue weighted by molar-refractivity contribution is 7.91. The lowest BCUT2D eigenvalue weighted by atomic mass is 10.2. The number of phenols is 1. The van der Waals surface area contributed by atoms with Gasteiger partial charge >= 0.3 is 5.97 Å². The largest absolute Gasteiger partial charge is 0.507 e. The van der Waals surface area contributed by atoms with E-state index < -0.39 is 28.3 Å². The molecule has 1 heterocycles. The maximum absolute atomic E-state index is 12.0. The first-order valence-electron chi connectivity index (χ1n) is 6.71. The van der Waals surface area contributed by atoms with E-state index in [-0.39, 0.29) is 28.9 Å². The normalized spacial score (nSPS) is 19.6. The van der Waals surface area contributed by atoms with Crippen LogP contribution in [0.1, 0.15) is 16.8 Å². The summed E-state index contributed by atoms with van der Waals surface area (Å²) in [5.74, 6) is -1.52. The number of sulfone groups is 1. The zero-order valence-corrected chi connectivity index (χ0v) is 12.9. The molecule has 22 heavy (non-hydrogen) atoms. The van der Waals surface area contributed by atoms with Crippen molar-refractivity contribution in [3.63, 3.8) is 0 Å². The first-order valence-corrected chi connectivity index (χ1v) is 8.53. The van der Waals surface area contributed by atoms with Crippen molar-refractivity contribution in [1.29, 1.82) is 0 Å². The van der Waals surface area contributed by atoms with Gasteiger partial charge in [-0.2, -0.15) is 0 Å². The predicted octanol–water partition coefficient (Wildman–Crippen LogP) is 0.195. The van der Waals surface area contributed by atoms with E-state index >= 15 is 0 Å². The Bertz CT molecular complexity index is 684. The molecule has 1 aromatic rings. The molecule has 0 bridgehead atoms. The van der Waals surface area contributed by atoms with Crippen molar-refractivity contribution < 1.29 is 27.9 Å². The third-order valence-corrected chi connectivity index (χ3v) is 5.35. The summed E-state index contributed by atoms with van der Waals surface area (Å²) in [5, 5.41) is 9.52. The molecule has 1 fully saturated rings. The van der Waals surface area contributed by atoms with Gasteiger partial charge in [-0.15, -0.1) is 0 Å². The topological polar surface area (TPSA) is 101 Å². The van der Waals surface area contributed by atoms with Crippen molar-refractivity contribution in [2.75, 3.05) is 25.2 Å². The van der Waals surface area contributed by atoms with Crippen LogP contribution in [0, 0.1) is 0 Å². The number of benzene rings is 1. The molecule has 1 saturated heterocycles. The molecule has 120 valence electrons. The number of esters is 1. The highest BCUT2D eigenvalue weighted by Gasteiger charge is 2.33. The Balaban J connectivity index is 1.90. The molecule has 1 aliphatic heterocycles. The van der Waals surface area contributed by atoms with Crippen LogP contribution >= 0.6 is 0 Å². The van der Waals surface area contributed by atoms with E-state index in [0.717, 1.165) is 0 Å². The van der Waals surface area contributed by atoms with Crippen LogP contribution in [0.5, 0.6) is 5.75 Å². The quantitative estimate of drug-likeness (QED) is 0.793. The van der Waals surface area contributed by atoms with Gasteiger partial charge in [-0.1, -0.05) is 12.1 Å². The van der Waals surface area contributed by atoms with Gasteiger partial charge < -0.3 is 14.7 Å². The van der Waals surface area contributed by atoms with E-state index in [1.165, 1.54) is 24.1 Å². The maximum Gasteiger partial charge on any atom is 0.342 e. The van der Waals surface area contributed by atoms with Gasteiger partial charge in [0, 0.05) is 13.1 Å². The fraction of sp³-hybridized carbons (Fsp3) is 0.429. The van der Waals surface area contributed by atoms with Gasteiger partial charge in [-0.3, -0.25) is 4.79 Å². The van der Waals surface area contributed by atoms with Crippen LogP contribution in [0.15, 0.2) is 24.3 Å². The number of carbonyl (C=O) groups is 2. The molecule has 0 spiro atoms. The summed E-state index contributed by atoms with van der Waals surface area (Å²) in [7, 11) is -1.60. The molecule has 1 unspecified atom stereocenters. The molecule has 0 saturated carbocycles. The van der Waals surface area contributed by atoms with E-state index in [9.17, 15) is 23.1 Å². The van der Waals surface area contributed by atoms with E-state index in [4.69, 9.17) is 4.74 Å². The van der Waals surface area contributed by atoms with E-state index in [2.05, 4.69) is 0 Å². The van der Waals surface area contributed by atoms with Gasteiger partial charge in [0.15, 0.2) is 16.4 Å². The van der Waals surface area contributed by atoms with E-state index in [0.29, 0.717) is 6.42 Å². The van der Waals surface area contributed by atoms with E-state index in [1.807, 2.05) is 0 Å². The number of para-hydroxylation sites is 1. The average molecular weight is 327 g/mol. The van der Waals surface area contributed by atoms with Crippen molar-refractivity contribution in [3.8, 4) is 5.75 Å². The van der Waals surface area contributed by atoms with Crippen LogP contribution in [-0.2, 0) is 19.4 Å². The SMILES string of the molecule is CN(C(=O)COC(=O)c1ccccc1O)C1CCS(=O)(=O)C1. The molecule has 8 heteroatoms. The third kappa shape index (κ3) is 3.76.